The van der Waals surface area contributed by atoms with Crippen LogP contribution in [0.4, 0.5) is 0 Å². The van der Waals surface area contributed by atoms with Gasteiger partial charge in [-0.1, -0.05) is 43.2 Å². The van der Waals surface area contributed by atoms with Crippen LogP contribution in [0.3, 0.4) is 0 Å². The monoisotopic (exact) mass is 463 g/mol. The SMILES string of the molecule is O=C(C1CCCN1C(=O)c1ccc2ccccc2c1O)N1CCC(CN2CCCCCC2)CC1. The number of fused-ring (bicyclic) bond motifs is 1. The lowest BCUT2D eigenvalue weighted by Crippen LogP contribution is -2.50. The third kappa shape index (κ3) is 4.78. The highest BCUT2D eigenvalue weighted by Gasteiger charge is 2.38. The molecule has 2 amide bonds. The van der Waals surface area contributed by atoms with E-state index in [2.05, 4.69) is 4.90 Å². The van der Waals surface area contributed by atoms with Gasteiger partial charge in [-0.2, -0.15) is 0 Å². The number of benzene rings is 2. The van der Waals surface area contributed by atoms with Crippen LogP contribution in [0.25, 0.3) is 10.8 Å². The summed E-state index contributed by atoms with van der Waals surface area (Å²) in [6, 6.07) is 10.6. The minimum absolute atomic E-state index is 0.00975. The number of likely N-dealkylation sites (tertiary alicyclic amines) is 3. The summed E-state index contributed by atoms with van der Waals surface area (Å²) < 4.78 is 0. The van der Waals surface area contributed by atoms with E-state index in [4.69, 9.17) is 0 Å². The van der Waals surface area contributed by atoms with Crippen LogP contribution in [0.2, 0.25) is 0 Å². The van der Waals surface area contributed by atoms with Crippen molar-refractivity contribution in [3.05, 3.63) is 42.0 Å². The van der Waals surface area contributed by atoms with E-state index in [-0.39, 0.29) is 23.1 Å². The molecule has 0 bridgehead atoms. The maximum atomic E-state index is 13.4. The van der Waals surface area contributed by atoms with Gasteiger partial charge in [0.25, 0.3) is 5.91 Å². The second-order valence-electron chi connectivity index (χ2n) is 10.3. The predicted molar refractivity (Wildman–Crippen MR) is 134 cm³/mol. The Morgan fingerprint density at radius 1 is 0.824 bits per heavy atom. The summed E-state index contributed by atoms with van der Waals surface area (Å²) in [6.45, 7) is 5.75. The molecule has 2 aromatic rings. The molecule has 6 nitrogen and oxygen atoms in total. The predicted octanol–water partition coefficient (Wildman–Crippen LogP) is 4.26. The number of aromatic hydroxyl groups is 1. The average molecular weight is 464 g/mol. The van der Waals surface area contributed by atoms with E-state index in [1.807, 2.05) is 35.2 Å². The van der Waals surface area contributed by atoms with Crippen LogP contribution in [0.5, 0.6) is 5.75 Å². The van der Waals surface area contributed by atoms with Gasteiger partial charge in [-0.05, 0) is 69.0 Å². The highest BCUT2D eigenvalue weighted by Crippen LogP contribution is 2.32. The van der Waals surface area contributed by atoms with Crippen LogP contribution in [-0.4, -0.2) is 76.9 Å². The number of carbonyl (C=O) groups excluding carboxylic acids is 2. The first-order valence-corrected chi connectivity index (χ1v) is 13.1. The Morgan fingerprint density at radius 3 is 2.32 bits per heavy atom. The molecule has 3 aliphatic rings. The van der Waals surface area contributed by atoms with Gasteiger partial charge < -0.3 is 19.8 Å². The van der Waals surface area contributed by atoms with Crippen molar-refractivity contribution in [1.82, 2.24) is 14.7 Å². The van der Waals surface area contributed by atoms with E-state index in [1.165, 1.54) is 38.8 Å². The van der Waals surface area contributed by atoms with Gasteiger partial charge in [-0.25, -0.2) is 0 Å². The van der Waals surface area contributed by atoms with Crippen molar-refractivity contribution in [1.29, 1.82) is 0 Å². The maximum Gasteiger partial charge on any atom is 0.258 e. The Balaban J connectivity index is 1.21. The largest absolute Gasteiger partial charge is 0.506 e. The first-order valence-electron chi connectivity index (χ1n) is 13.1. The molecular weight excluding hydrogens is 426 g/mol. The Kier molecular flexibility index (Phi) is 7.05. The molecule has 1 unspecified atom stereocenters. The van der Waals surface area contributed by atoms with Crippen molar-refractivity contribution in [3.8, 4) is 5.75 Å². The van der Waals surface area contributed by atoms with Crippen LogP contribution in [0.1, 0.15) is 61.7 Å². The summed E-state index contributed by atoms with van der Waals surface area (Å²) >= 11 is 0. The number of phenols is 1. The molecule has 3 fully saturated rings. The lowest BCUT2D eigenvalue weighted by atomic mass is 9.95. The molecule has 0 aromatic heterocycles. The fraction of sp³-hybridized carbons (Fsp3) is 0.571. The number of hydrogen-bond acceptors (Lipinski definition) is 4. The minimum Gasteiger partial charge on any atom is -0.506 e. The topological polar surface area (TPSA) is 64.1 Å². The van der Waals surface area contributed by atoms with E-state index >= 15 is 0 Å². The number of carbonyl (C=O) groups is 2. The second-order valence-corrected chi connectivity index (χ2v) is 10.3. The van der Waals surface area contributed by atoms with Gasteiger partial charge in [-0.15, -0.1) is 0 Å². The van der Waals surface area contributed by atoms with Gasteiger partial charge in [0.15, 0.2) is 0 Å². The van der Waals surface area contributed by atoms with Crippen LogP contribution < -0.4 is 0 Å². The molecule has 0 radical (unpaired) electrons. The zero-order valence-electron chi connectivity index (χ0n) is 20.1. The van der Waals surface area contributed by atoms with Gasteiger partial charge in [0, 0.05) is 31.6 Å². The Morgan fingerprint density at radius 2 is 1.56 bits per heavy atom. The quantitative estimate of drug-likeness (QED) is 0.736. The third-order valence-electron chi connectivity index (χ3n) is 8.07. The molecule has 2 aromatic carbocycles. The van der Waals surface area contributed by atoms with E-state index in [1.54, 1.807) is 11.0 Å². The Labute approximate surface area is 202 Å². The summed E-state index contributed by atoms with van der Waals surface area (Å²) in [7, 11) is 0. The highest BCUT2D eigenvalue weighted by atomic mass is 16.3. The molecule has 3 saturated heterocycles. The summed E-state index contributed by atoms with van der Waals surface area (Å²) in [5.74, 6) is 0.517. The first kappa shape index (κ1) is 23.2. The van der Waals surface area contributed by atoms with Crippen LogP contribution in [0.15, 0.2) is 36.4 Å². The zero-order chi connectivity index (χ0) is 23.5. The number of piperidine rings is 1. The van der Waals surface area contributed by atoms with Crippen molar-refractivity contribution in [2.75, 3.05) is 39.3 Å². The van der Waals surface area contributed by atoms with Crippen molar-refractivity contribution in [2.24, 2.45) is 5.92 Å². The lowest BCUT2D eigenvalue weighted by Gasteiger charge is -2.37. The van der Waals surface area contributed by atoms with E-state index in [0.29, 0.717) is 24.3 Å². The molecule has 3 aliphatic heterocycles. The smallest absolute Gasteiger partial charge is 0.258 e. The fourth-order valence-electron chi connectivity index (χ4n) is 6.08. The van der Waals surface area contributed by atoms with E-state index in [9.17, 15) is 14.7 Å². The standard InChI is InChI=1S/C28H37N3O3/c32-26-23-9-4-3-8-22(23)11-12-24(26)27(33)31-17-7-10-25(31)28(34)30-18-13-21(14-19-30)20-29-15-5-1-2-6-16-29/h3-4,8-9,11-12,21,25,32H,1-2,5-7,10,13-20H2. The molecule has 34 heavy (non-hydrogen) atoms. The minimum atomic E-state index is -0.416. The van der Waals surface area contributed by atoms with Gasteiger partial charge >= 0.3 is 0 Å². The Hall–Kier alpha value is -2.60. The summed E-state index contributed by atoms with van der Waals surface area (Å²) in [5, 5.41) is 12.4. The molecule has 0 spiro atoms. The molecule has 182 valence electrons. The third-order valence-corrected chi connectivity index (χ3v) is 8.07. The summed E-state index contributed by atoms with van der Waals surface area (Å²) in [6.07, 6.45) is 8.97. The van der Waals surface area contributed by atoms with E-state index < -0.39 is 6.04 Å². The van der Waals surface area contributed by atoms with E-state index in [0.717, 1.165) is 44.3 Å². The maximum absolute atomic E-state index is 13.4. The van der Waals surface area contributed by atoms with Crippen molar-refractivity contribution in [2.45, 2.75) is 57.4 Å². The van der Waals surface area contributed by atoms with Gasteiger partial charge in [0.2, 0.25) is 5.91 Å². The molecule has 3 heterocycles. The molecule has 0 aliphatic carbocycles. The fourth-order valence-corrected chi connectivity index (χ4v) is 6.08. The normalized spacial score (nSPS) is 22.8. The highest BCUT2D eigenvalue weighted by molar-refractivity contribution is 6.05. The molecule has 0 saturated carbocycles. The number of rotatable bonds is 4. The van der Waals surface area contributed by atoms with Crippen LogP contribution in [0, 0.1) is 5.92 Å². The van der Waals surface area contributed by atoms with Crippen LogP contribution >= 0.6 is 0 Å². The number of amides is 2. The summed E-state index contributed by atoms with van der Waals surface area (Å²) in [4.78, 5) is 33.1. The van der Waals surface area contributed by atoms with Crippen molar-refractivity contribution in [3.63, 3.8) is 0 Å². The number of nitrogens with zero attached hydrogens (tertiary/aromatic N) is 3. The van der Waals surface area contributed by atoms with Crippen molar-refractivity contribution >= 4 is 22.6 Å². The van der Waals surface area contributed by atoms with Gasteiger partial charge in [-0.3, -0.25) is 9.59 Å². The Bertz CT molecular complexity index is 1020. The second kappa shape index (κ2) is 10.3. The number of phenolic OH excluding ortho intramolecular Hbond substituents is 1. The molecule has 1 N–H and O–H groups in total. The van der Waals surface area contributed by atoms with Crippen molar-refractivity contribution < 1.29 is 14.7 Å². The first-order chi connectivity index (χ1) is 16.6. The lowest BCUT2D eigenvalue weighted by molar-refractivity contribution is -0.136. The average Bonchev–Trinajstić information content (AvgIpc) is 3.22. The molecule has 1 atom stereocenters. The van der Waals surface area contributed by atoms with Gasteiger partial charge in [0.05, 0.1) is 5.56 Å². The van der Waals surface area contributed by atoms with Gasteiger partial charge in [0.1, 0.15) is 11.8 Å². The number of hydrogen-bond donors (Lipinski definition) is 1. The molecule has 6 heteroatoms. The van der Waals surface area contributed by atoms with Crippen LogP contribution in [-0.2, 0) is 4.79 Å². The molecular formula is C28H37N3O3. The summed E-state index contributed by atoms with van der Waals surface area (Å²) in [5.41, 5.74) is 0.287. The molecule has 5 rings (SSSR count). The zero-order valence-corrected chi connectivity index (χ0v) is 20.1.